The highest BCUT2D eigenvalue weighted by molar-refractivity contribution is 5.80. The summed E-state index contributed by atoms with van der Waals surface area (Å²) in [6, 6.07) is 12.8. The lowest BCUT2D eigenvalue weighted by Gasteiger charge is -2.08. The van der Waals surface area contributed by atoms with Crippen molar-refractivity contribution in [3.05, 3.63) is 80.2 Å². The minimum Gasteiger partial charge on any atom is -0.489 e. The Hall–Kier alpha value is -3.15. The van der Waals surface area contributed by atoms with Crippen LogP contribution in [0.25, 0.3) is 11.0 Å². The maximum absolute atomic E-state index is 11.7. The number of benzene rings is 2. The summed E-state index contributed by atoms with van der Waals surface area (Å²) < 4.78 is 10.8. The van der Waals surface area contributed by atoms with Crippen molar-refractivity contribution >= 4 is 16.7 Å². The smallest absolute Gasteiger partial charge is 0.336 e. The maximum Gasteiger partial charge on any atom is 0.336 e. The van der Waals surface area contributed by atoms with Crippen molar-refractivity contribution in [2.24, 2.45) is 0 Å². The molecule has 0 amide bonds. The van der Waals surface area contributed by atoms with E-state index >= 15 is 0 Å². The Morgan fingerprint density at radius 2 is 2.00 bits per heavy atom. The van der Waals surface area contributed by atoms with Gasteiger partial charge in [0.05, 0.1) is 11.0 Å². The average molecular weight is 311 g/mol. The summed E-state index contributed by atoms with van der Waals surface area (Å²) in [5.41, 5.74) is 1.65. The molecular weight excluding hydrogens is 298 g/mol. The van der Waals surface area contributed by atoms with Crippen molar-refractivity contribution in [3.8, 4) is 5.75 Å². The van der Waals surface area contributed by atoms with Crippen LogP contribution >= 0.6 is 0 Å². The van der Waals surface area contributed by atoms with Gasteiger partial charge in [-0.05, 0) is 24.6 Å². The molecule has 116 valence electrons. The first-order valence-corrected chi connectivity index (χ1v) is 6.93. The van der Waals surface area contributed by atoms with Crippen LogP contribution in [-0.4, -0.2) is 4.92 Å². The molecule has 0 unspecified atom stereocenters. The van der Waals surface area contributed by atoms with Gasteiger partial charge in [-0.3, -0.25) is 10.1 Å². The van der Waals surface area contributed by atoms with E-state index in [0.29, 0.717) is 16.9 Å². The molecule has 6 nitrogen and oxygen atoms in total. The lowest BCUT2D eigenvalue weighted by molar-refractivity contribution is -0.384. The van der Waals surface area contributed by atoms with Crippen molar-refractivity contribution in [2.75, 3.05) is 0 Å². The molecule has 0 N–H and O–H groups in total. The molecule has 23 heavy (non-hydrogen) atoms. The maximum atomic E-state index is 11.7. The molecule has 0 radical (unpaired) electrons. The normalized spacial score (nSPS) is 10.7. The van der Waals surface area contributed by atoms with Crippen LogP contribution in [0.2, 0.25) is 0 Å². The van der Waals surface area contributed by atoms with Crippen LogP contribution in [0.1, 0.15) is 11.1 Å². The quantitative estimate of drug-likeness (QED) is 0.418. The zero-order chi connectivity index (χ0) is 16.4. The number of hydrogen-bond acceptors (Lipinski definition) is 5. The van der Waals surface area contributed by atoms with Gasteiger partial charge in [0.2, 0.25) is 0 Å². The second kappa shape index (κ2) is 5.92. The van der Waals surface area contributed by atoms with Gasteiger partial charge in [0.1, 0.15) is 17.9 Å². The minimum atomic E-state index is -0.484. The van der Waals surface area contributed by atoms with Crippen LogP contribution in [-0.2, 0) is 6.61 Å². The standard InChI is InChI=1S/C17H13NO5/c1-11-5-6-15-12(8-17(19)23-16(15)7-11)10-22-14-4-2-3-13(9-14)18(20)21/h2-9H,10H2,1H3. The lowest BCUT2D eigenvalue weighted by Crippen LogP contribution is -2.04. The Labute approximate surface area is 131 Å². The van der Waals surface area contributed by atoms with Gasteiger partial charge in [-0.25, -0.2) is 4.79 Å². The summed E-state index contributed by atoms with van der Waals surface area (Å²) >= 11 is 0. The molecule has 3 rings (SSSR count). The van der Waals surface area contributed by atoms with Crippen LogP contribution < -0.4 is 10.4 Å². The Morgan fingerprint density at radius 3 is 2.78 bits per heavy atom. The Kier molecular flexibility index (Phi) is 3.80. The third-order valence-electron chi connectivity index (χ3n) is 3.41. The van der Waals surface area contributed by atoms with Crippen LogP contribution in [0.15, 0.2) is 57.7 Å². The van der Waals surface area contributed by atoms with Crippen LogP contribution in [0.4, 0.5) is 5.69 Å². The second-order valence-electron chi connectivity index (χ2n) is 5.13. The van der Waals surface area contributed by atoms with E-state index in [-0.39, 0.29) is 12.3 Å². The summed E-state index contributed by atoms with van der Waals surface area (Å²) in [7, 11) is 0. The summed E-state index contributed by atoms with van der Waals surface area (Å²) in [5.74, 6) is 0.368. The van der Waals surface area contributed by atoms with Crippen molar-refractivity contribution in [3.63, 3.8) is 0 Å². The van der Waals surface area contributed by atoms with Crippen molar-refractivity contribution < 1.29 is 14.1 Å². The Bertz CT molecular complexity index is 945. The van der Waals surface area contributed by atoms with Gasteiger partial charge in [0.25, 0.3) is 5.69 Å². The highest BCUT2D eigenvalue weighted by Gasteiger charge is 2.09. The summed E-state index contributed by atoms with van der Waals surface area (Å²) in [5, 5.41) is 11.6. The molecule has 0 saturated carbocycles. The zero-order valence-electron chi connectivity index (χ0n) is 12.3. The summed E-state index contributed by atoms with van der Waals surface area (Å²) in [6.07, 6.45) is 0. The topological polar surface area (TPSA) is 82.6 Å². The SMILES string of the molecule is Cc1ccc2c(COc3cccc([N+](=O)[O-])c3)cc(=O)oc2c1. The van der Waals surface area contributed by atoms with Crippen LogP contribution in [0.3, 0.4) is 0 Å². The highest BCUT2D eigenvalue weighted by atomic mass is 16.6. The minimum absolute atomic E-state index is 0.0458. The van der Waals surface area contributed by atoms with E-state index in [1.807, 2.05) is 19.1 Å². The highest BCUT2D eigenvalue weighted by Crippen LogP contribution is 2.23. The first kappa shape index (κ1) is 14.8. The first-order chi connectivity index (χ1) is 11.0. The summed E-state index contributed by atoms with van der Waals surface area (Å²) in [6.45, 7) is 2.03. The molecule has 0 bridgehead atoms. The third kappa shape index (κ3) is 3.21. The van der Waals surface area contributed by atoms with Crippen molar-refractivity contribution in [2.45, 2.75) is 13.5 Å². The number of nitro benzene ring substituents is 1. The number of nitro groups is 1. The molecule has 2 aromatic carbocycles. The van der Waals surface area contributed by atoms with Gasteiger partial charge >= 0.3 is 5.63 Å². The van der Waals surface area contributed by atoms with Crippen molar-refractivity contribution in [1.29, 1.82) is 0 Å². The molecule has 1 heterocycles. The fraction of sp³-hybridized carbons (Fsp3) is 0.118. The predicted molar refractivity (Wildman–Crippen MR) is 84.6 cm³/mol. The van der Waals surface area contributed by atoms with Gasteiger partial charge in [0.15, 0.2) is 0 Å². The van der Waals surface area contributed by atoms with Crippen LogP contribution in [0, 0.1) is 17.0 Å². The third-order valence-corrected chi connectivity index (χ3v) is 3.41. The second-order valence-corrected chi connectivity index (χ2v) is 5.13. The predicted octanol–water partition coefficient (Wildman–Crippen LogP) is 3.59. The van der Waals surface area contributed by atoms with E-state index in [9.17, 15) is 14.9 Å². The number of hydrogen-bond donors (Lipinski definition) is 0. The molecule has 0 fully saturated rings. The molecule has 0 aliphatic carbocycles. The monoisotopic (exact) mass is 311 g/mol. The number of ether oxygens (including phenoxy) is 1. The lowest BCUT2D eigenvalue weighted by atomic mass is 10.1. The first-order valence-electron chi connectivity index (χ1n) is 6.93. The number of rotatable bonds is 4. The largest absolute Gasteiger partial charge is 0.489 e. The van der Waals surface area contributed by atoms with Gasteiger partial charge in [-0.2, -0.15) is 0 Å². The van der Waals surface area contributed by atoms with E-state index in [1.54, 1.807) is 18.2 Å². The van der Waals surface area contributed by atoms with Gasteiger partial charge in [0, 0.05) is 23.1 Å². The zero-order valence-corrected chi connectivity index (χ0v) is 12.3. The Balaban J connectivity index is 1.91. The van der Waals surface area contributed by atoms with E-state index in [0.717, 1.165) is 10.9 Å². The van der Waals surface area contributed by atoms with Gasteiger partial charge in [-0.15, -0.1) is 0 Å². The van der Waals surface area contributed by atoms with Crippen molar-refractivity contribution in [1.82, 2.24) is 0 Å². The summed E-state index contributed by atoms with van der Waals surface area (Å²) in [4.78, 5) is 21.9. The number of non-ortho nitro benzene ring substituents is 1. The molecule has 0 aliphatic rings. The van der Waals surface area contributed by atoms with Gasteiger partial charge in [-0.1, -0.05) is 18.2 Å². The molecule has 3 aromatic rings. The van der Waals surface area contributed by atoms with E-state index < -0.39 is 10.5 Å². The molecular formula is C17H13NO5. The number of fused-ring (bicyclic) bond motifs is 1. The van der Waals surface area contributed by atoms with Gasteiger partial charge < -0.3 is 9.15 Å². The number of aryl methyl sites for hydroxylation is 1. The number of nitrogens with zero attached hydrogens (tertiary/aromatic N) is 1. The molecule has 0 aliphatic heterocycles. The fourth-order valence-corrected chi connectivity index (χ4v) is 2.30. The van der Waals surface area contributed by atoms with E-state index in [4.69, 9.17) is 9.15 Å². The fourth-order valence-electron chi connectivity index (χ4n) is 2.30. The van der Waals surface area contributed by atoms with E-state index in [2.05, 4.69) is 0 Å². The van der Waals surface area contributed by atoms with E-state index in [1.165, 1.54) is 18.2 Å². The molecule has 0 saturated heterocycles. The molecule has 0 spiro atoms. The molecule has 0 atom stereocenters. The molecule has 6 heteroatoms. The van der Waals surface area contributed by atoms with Crippen LogP contribution in [0.5, 0.6) is 5.75 Å². The molecule has 1 aromatic heterocycles. The Morgan fingerprint density at radius 1 is 1.17 bits per heavy atom. The average Bonchev–Trinajstić information content (AvgIpc) is 2.52.